The van der Waals surface area contributed by atoms with Gasteiger partial charge in [-0.1, -0.05) is 0 Å². The lowest BCUT2D eigenvalue weighted by Gasteiger charge is -2.21. The Morgan fingerprint density at radius 1 is 1.18 bits per heavy atom. The number of halogens is 4. The molecule has 0 heterocycles. The first-order valence-electron chi connectivity index (χ1n) is 5.96. The van der Waals surface area contributed by atoms with E-state index in [0.29, 0.717) is 12.1 Å². The lowest BCUT2D eigenvalue weighted by molar-refractivity contribution is -0.137. The highest BCUT2D eigenvalue weighted by Gasteiger charge is 2.40. The molecule has 0 spiro atoms. The second-order valence-corrected chi connectivity index (χ2v) is 5.27. The van der Waals surface area contributed by atoms with Gasteiger partial charge in [-0.15, -0.1) is 0 Å². The third kappa shape index (κ3) is 4.34. The molecule has 9 heteroatoms. The molecule has 22 heavy (non-hydrogen) atoms. The van der Waals surface area contributed by atoms with Crippen molar-refractivity contribution < 1.29 is 37.0 Å². The van der Waals surface area contributed by atoms with Gasteiger partial charge in [0.05, 0.1) is 11.3 Å². The Balaban J connectivity index is 3.35. The molecule has 0 fully saturated rings. The van der Waals surface area contributed by atoms with Gasteiger partial charge in [0.1, 0.15) is 17.0 Å². The number of hydrogen-bond acceptors (Lipinski definition) is 3. The normalized spacial score (nSPS) is 12.0. The molecule has 0 aliphatic rings. The van der Waals surface area contributed by atoms with Crippen molar-refractivity contribution in [3.05, 3.63) is 29.1 Å². The Morgan fingerprint density at radius 2 is 1.73 bits per heavy atom. The topological polar surface area (TPSA) is 75.6 Å². The summed E-state index contributed by atoms with van der Waals surface area (Å²) < 4.78 is 57.2. The lowest BCUT2D eigenvalue weighted by Crippen LogP contribution is -2.28. The summed E-state index contributed by atoms with van der Waals surface area (Å²) in [6.45, 7) is 4.47. The molecular weight excluding hydrogens is 310 g/mol. The summed E-state index contributed by atoms with van der Waals surface area (Å²) in [5.41, 5.74) is -5.23. The van der Waals surface area contributed by atoms with Gasteiger partial charge < -0.3 is 9.84 Å². The van der Waals surface area contributed by atoms with Gasteiger partial charge in [-0.25, -0.2) is 14.0 Å². The molecule has 0 saturated carbocycles. The second-order valence-electron chi connectivity index (χ2n) is 5.27. The van der Waals surface area contributed by atoms with Crippen LogP contribution in [0.4, 0.5) is 28.0 Å². The van der Waals surface area contributed by atoms with Crippen molar-refractivity contribution in [3.8, 4) is 0 Å². The first kappa shape index (κ1) is 17.7. The maximum atomic E-state index is 13.4. The minimum absolute atomic E-state index is 0.519. The van der Waals surface area contributed by atoms with Crippen LogP contribution in [0.3, 0.4) is 0 Å². The van der Waals surface area contributed by atoms with Crippen molar-refractivity contribution in [1.29, 1.82) is 0 Å². The number of benzene rings is 1. The van der Waals surface area contributed by atoms with Crippen molar-refractivity contribution in [1.82, 2.24) is 0 Å². The van der Waals surface area contributed by atoms with Gasteiger partial charge in [0, 0.05) is 0 Å². The van der Waals surface area contributed by atoms with Crippen molar-refractivity contribution >= 4 is 17.7 Å². The number of ether oxygens (including phenoxy) is 1. The highest BCUT2D eigenvalue weighted by molar-refractivity contribution is 5.94. The van der Waals surface area contributed by atoms with Crippen LogP contribution in [0.1, 0.15) is 36.7 Å². The predicted molar refractivity (Wildman–Crippen MR) is 68.2 cm³/mol. The summed E-state index contributed by atoms with van der Waals surface area (Å²) in [5.74, 6) is -3.66. The van der Waals surface area contributed by atoms with E-state index in [1.807, 2.05) is 0 Å². The highest BCUT2D eigenvalue weighted by Crippen LogP contribution is 2.38. The third-order valence-corrected chi connectivity index (χ3v) is 2.29. The van der Waals surface area contributed by atoms with Gasteiger partial charge in [-0.2, -0.15) is 13.2 Å². The zero-order valence-electron chi connectivity index (χ0n) is 11.8. The van der Waals surface area contributed by atoms with E-state index in [0.717, 1.165) is 0 Å². The van der Waals surface area contributed by atoms with Crippen LogP contribution < -0.4 is 5.32 Å². The number of carboxylic acid groups (broad SMARTS) is 1. The first-order valence-corrected chi connectivity index (χ1v) is 5.96. The maximum Gasteiger partial charge on any atom is 0.419 e. The molecule has 0 aromatic heterocycles. The van der Waals surface area contributed by atoms with Crippen molar-refractivity contribution in [2.45, 2.75) is 32.5 Å². The molecule has 2 N–H and O–H groups in total. The van der Waals surface area contributed by atoms with Crippen LogP contribution in [0, 0.1) is 5.82 Å². The van der Waals surface area contributed by atoms with Crippen molar-refractivity contribution in [2.75, 3.05) is 5.32 Å². The second kappa shape index (κ2) is 5.82. The Kier molecular flexibility index (Phi) is 4.69. The molecule has 1 aromatic carbocycles. The molecule has 0 bridgehead atoms. The van der Waals surface area contributed by atoms with Gasteiger partial charge in [0.25, 0.3) is 0 Å². The summed E-state index contributed by atoms with van der Waals surface area (Å²) in [6.07, 6.45) is -6.40. The largest absolute Gasteiger partial charge is 0.478 e. The molecule has 122 valence electrons. The quantitative estimate of drug-likeness (QED) is 0.810. The van der Waals surface area contributed by atoms with E-state index in [-0.39, 0.29) is 0 Å². The number of hydrogen-bond donors (Lipinski definition) is 2. The van der Waals surface area contributed by atoms with Crippen LogP contribution in [-0.2, 0) is 10.9 Å². The molecule has 1 rings (SSSR count). The number of nitrogens with one attached hydrogen (secondary N) is 1. The van der Waals surface area contributed by atoms with Gasteiger partial charge in [0.15, 0.2) is 0 Å². The zero-order valence-corrected chi connectivity index (χ0v) is 11.8. The smallest absolute Gasteiger partial charge is 0.419 e. The van der Waals surface area contributed by atoms with Crippen LogP contribution >= 0.6 is 0 Å². The fraction of sp³-hybridized carbons (Fsp3) is 0.385. The number of carbonyl (C=O) groups is 2. The third-order valence-electron chi connectivity index (χ3n) is 2.29. The molecule has 0 unspecified atom stereocenters. The molecule has 0 aliphatic carbocycles. The van der Waals surface area contributed by atoms with E-state index in [1.54, 1.807) is 5.32 Å². The molecule has 0 saturated heterocycles. The summed E-state index contributed by atoms with van der Waals surface area (Å²) in [4.78, 5) is 22.4. The SMILES string of the molecule is CC(C)(C)OC(=O)Nc1ccc(F)c(C(=O)O)c1C(F)(F)F. The molecule has 0 atom stereocenters. The van der Waals surface area contributed by atoms with Gasteiger partial charge in [0.2, 0.25) is 0 Å². The average molecular weight is 323 g/mol. The Morgan fingerprint density at radius 3 is 2.14 bits per heavy atom. The fourth-order valence-corrected chi connectivity index (χ4v) is 1.60. The van der Waals surface area contributed by atoms with Gasteiger partial charge >= 0.3 is 18.2 Å². The summed E-state index contributed by atoms with van der Waals surface area (Å²) >= 11 is 0. The van der Waals surface area contributed by atoms with Crippen LogP contribution in [-0.4, -0.2) is 22.8 Å². The molecule has 1 aromatic rings. The summed E-state index contributed by atoms with van der Waals surface area (Å²) in [5, 5.41) is 10.6. The van der Waals surface area contributed by atoms with Gasteiger partial charge in [-0.05, 0) is 32.9 Å². The van der Waals surface area contributed by atoms with Crippen LogP contribution in [0.15, 0.2) is 12.1 Å². The van der Waals surface area contributed by atoms with E-state index >= 15 is 0 Å². The van der Waals surface area contributed by atoms with E-state index in [1.165, 1.54) is 20.8 Å². The Hall–Kier alpha value is -2.32. The van der Waals surface area contributed by atoms with E-state index in [2.05, 4.69) is 0 Å². The Bertz CT molecular complexity index is 605. The first-order chi connectivity index (χ1) is 9.83. The zero-order chi connectivity index (χ0) is 17.3. The molecule has 5 nitrogen and oxygen atoms in total. The summed E-state index contributed by atoms with van der Waals surface area (Å²) in [7, 11) is 0. The van der Waals surface area contributed by atoms with Crippen molar-refractivity contribution in [3.63, 3.8) is 0 Å². The lowest BCUT2D eigenvalue weighted by atomic mass is 10.0. The molecule has 0 radical (unpaired) electrons. The Labute approximate surface area is 122 Å². The van der Waals surface area contributed by atoms with E-state index in [4.69, 9.17) is 9.84 Å². The van der Waals surface area contributed by atoms with Crippen molar-refractivity contribution in [2.24, 2.45) is 0 Å². The van der Waals surface area contributed by atoms with E-state index in [9.17, 15) is 27.2 Å². The van der Waals surface area contributed by atoms with Crippen LogP contribution in [0.25, 0.3) is 0 Å². The maximum absolute atomic E-state index is 13.4. The molecule has 1 amide bonds. The number of carbonyl (C=O) groups excluding carboxylic acids is 1. The number of carboxylic acids is 1. The molecular formula is C13H13F4NO4. The fourth-order valence-electron chi connectivity index (χ4n) is 1.60. The minimum atomic E-state index is -5.18. The summed E-state index contributed by atoms with van der Waals surface area (Å²) in [6, 6.07) is 1.14. The van der Waals surface area contributed by atoms with E-state index < -0.39 is 46.5 Å². The number of alkyl halides is 3. The number of amides is 1. The van der Waals surface area contributed by atoms with Crippen LogP contribution in [0.2, 0.25) is 0 Å². The van der Waals surface area contributed by atoms with Gasteiger partial charge in [-0.3, -0.25) is 5.32 Å². The molecule has 0 aliphatic heterocycles. The average Bonchev–Trinajstić information content (AvgIpc) is 2.26. The number of aromatic carboxylic acids is 1. The highest BCUT2D eigenvalue weighted by atomic mass is 19.4. The minimum Gasteiger partial charge on any atom is -0.478 e. The monoisotopic (exact) mass is 323 g/mol. The van der Waals surface area contributed by atoms with Crippen LogP contribution in [0.5, 0.6) is 0 Å². The predicted octanol–water partition coefficient (Wildman–Crippen LogP) is 3.89. The standard InChI is InChI=1S/C13H13F4NO4/c1-12(2,3)22-11(21)18-7-5-4-6(14)8(10(19)20)9(7)13(15,16)17/h4-5H,1-3H3,(H,18,21)(H,19,20). The number of anilines is 1. The number of rotatable bonds is 2.